The molecule has 1 atom stereocenters. The predicted molar refractivity (Wildman–Crippen MR) is 178 cm³/mol. The number of alkyl carbamates (subject to hydrolysis) is 1. The maximum Gasteiger partial charge on any atom is 0.475 e. The summed E-state index contributed by atoms with van der Waals surface area (Å²) in [6.07, 6.45) is -3.97. The van der Waals surface area contributed by atoms with Crippen LogP contribution in [-0.2, 0) is 41.9 Å². The molecule has 0 aliphatic heterocycles. The summed E-state index contributed by atoms with van der Waals surface area (Å²) in [5, 5.41) is 2.76. The third kappa shape index (κ3) is 15.9. The van der Waals surface area contributed by atoms with Crippen molar-refractivity contribution in [1.29, 1.82) is 0 Å². The number of hydrogen-bond donors (Lipinski definition) is 1. The Bertz CT molecular complexity index is 1360. The van der Waals surface area contributed by atoms with Crippen LogP contribution in [0.5, 0.6) is 5.75 Å². The first-order chi connectivity index (χ1) is 21.3. The third-order valence-electron chi connectivity index (χ3n) is 6.38. The largest absolute Gasteiger partial charge is 0.493 e. The second-order valence-corrected chi connectivity index (χ2v) is 16.6. The Morgan fingerprint density at radius 3 is 1.94 bits per heavy atom. The molecule has 0 spiro atoms. The van der Waals surface area contributed by atoms with Gasteiger partial charge < -0.3 is 14.8 Å². The van der Waals surface area contributed by atoms with E-state index >= 15 is 0 Å². The zero-order valence-corrected chi connectivity index (χ0v) is 30.6. The standard InChI is InChI=1S/C35H53F3NO7P/c1-25-14-12-15-26(22-25)16-13-21-42-29-18-17-27(23-28(29)35(36,37)38)19-20-34(11,39-30(40)44-31(2,3)4)24-43-47(41,45-32(5,6)7)46-33(8,9)10/h12,14-15,17-18,22-23H,13,16,19-21,24H2,1-11H3,(H,39,40). The number of alkyl halides is 3. The number of halogens is 3. The lowest BCUT2D eigenvalue weighted by Gasteiger charge is -2.35. The van der Waals surface area contributed by atoms with E-state index in [4.69, 9.17) is 23.0 Å². The Balaban J connectivity index is 2.26. The molecule has 0 fully saturated rings. The van der Waals surface area contributed by atoms with Crippen LogP contribution in [0.1, 0.15) is 104 Å². The number of carbonyl (C=O) groups is 1. The van der Waals surface area contributed by atoms with E-state index in [1.165, 1.54) is 6.07 Å². The molecule has 47 heavy (non-hydrogen) atoms. The molecule has 12 heteroatoms. The highest BCUT2D eigenvalue weighted by Gasteiger charge is 2.41. The van der Waals surface area contributed by atoms with E-state index in [-0.39, 0.29) is 31.8 Å². The number of aryl methyl sites for hydroxylation is 3. The van der Waals surface area contributed by atoms with Crippen LogP contribution in [0.4, 0.5) is 18.0 Å². The van der Waals surface area contributed by atoms with E-state index in [1.807, 2.05) is 31.2 Å². The third-order valence-corrected chi connectivity index (χ3v) is 8.37. The Morgan fingerprint density at radius 2 is 1.40 bits per heavy atom. The molecule has 0 aromatic heterocycles. The van der Waals surface area contributed by atoms with Gasteiger partial charge in [-0.15, -0.1) is 0 Å². The fraction of sp³-hybridized carbons (Fsp3) is 0.629. The van der Waals surface area contributed by atoms with E-state index in [2.05, 4.69) is 5.32 Å². The fourth-order valence-electron chi connectivity index (χ4n) is 4.51. The quantitative estimate of drug-likeness (QED) is 0.156. The Labute approximate surface area is 278 Å². The molecule has 0 saturated carbocycles. The lowest BCUT2D eigenvalue weighted by atomic mass is 9.93. The van der Waals surface area contributed by atoms with Gasteiger partial charge in [0.2, 0.25) is 0 Å². The summed E-state index contributed by atoms with van der Waals surface area (Å²) in [6, 6.07) is 11.9. The summed E-state index contributed by atoms with van der Waals surface area (Å²) < 4.78 is 84.4. The Morgan fingerprint density at radius 1 is 0.809 bits per heavy atom. The van der Waals surface area contributed by atoms with Gasteiger partial charge in [0.05, 0.1) is 35.5 Å². The predicted octanol–water partition coefficient (Wildman–Crippen LogP) is 10.00. The van der Waals surface area contributed by atoms with E-state index in [1.54, 1.807) is 75.3 Å². The highest BCUT2D eigenvalue weighted by molar-refractivity contribution is 7.48. The van der Waals surface area contributed by atoms with E-state index in [0.29, 0.717) is 18.4 Å². The molecule has 8 nitrogen and oxygen atoms in total. The van der Waals surface area contributed by atoms with Gasteiger partial charge in [-0.2, -0.15) is 13.2 Å². The van der Waals surface area contributed by atoms with Crippen molar-refractivity contribution >= 4 is 13.9 Å². The molecule has 1 unspecified atom stereocenters. The second-order valence-electron chi connectivity index (χ2n) is 15.1. The lowest BCUT2D eigenvalue weighted by Crippen LogP contribution is -2.51. The zero-order valence-electron chi connectivity index (χ0n) is 29.7. The van der Waals surface area contributed by atoms with Crippen LogP contribution in [0, 0.1) is 6.92 Å². The summed E-state index contributed by atoms with van der Waals surface area (Å²) in [6.45, 7) is 18.7. The van der Waals surface area contributed by atoms with Crippen molar-refractivity contribution in [2.24, 2.45) is 0 Å². The monoisotopic (exact) mass is 687 g/mol. The fourth-order valence-corrected chi connectivity index (χ4v) is 6.44. The number of carbonyl (C=O) groups excluding carboxylic acids is 1. The van der Waals surface area contributed by atoms with Crippen molar-refractivity contribution in [3.63, 3.8) is 0 Å². The number of nitrogens with one attached hydrogen (secondary N) is 1. The molecular weight excluding hydrogens is 634 g/mol. The van der Waals surface area contributed by atoms with Gasteiger partial charge in [-0.25, -0.2) is 9.36 Å². The average Bonchev–Trinajstić information content (AvgIpc) is 2.85. The average molecular weight is 688 g/mol. The number of hydrogen-bond acceptors (Lipinski definition) is 7. The van der Waals surface area contributed by atoms with Crippen LogP contribution in [0.25, 0.3) is 0 Å². The minimum Gasteiger partial charge on any atom is -0.493 e. The molecule has 2 rings (SSSR count). The Hall–Kier alpha value is -2.59. The van der Waals surface area contributed by atoms with Crippen LogP contribution in [0.15, 0.2) is 42.5 Å². The summed E-state index contributed by atoms with van der Waals surface area (Å²) in [4.78, 5) is 12.8. The molecule has 0 bridgehead atoms. The van der Waals surface area contributed by atoms with Crippen LogP contribution >= 0.6 is 7.82 Å². The highest BCUT2D eigenvalue weighted by atomic mass is 31.2. The minimum absolute atomic E-state index is 0.102. The lowest BCUT2D eigenvalue weighted by molar-refractivity contribution is -0.139. The molecule has 266 valence electrons. The van der Waals surface area contributed by atoms with Crippen LogP contribution in [-0.4, -0.2) is 41.6 Å². The second kappa shape index (κ2) is 15.7. The van der Waals surface area contributed by atoms with Gasteiger partial charge in [0.25, 0.3) is 0 Å². The van der Waals surface area contributed by atoms with Crippen molar-refractivity contribution < 1.29 is 45.6 Å². The van der Waals surface area contributed by atoms with Crippen molar-refractivity contribution in [3.8, 4) is 5.75 Å². The van der Waals surface area contributed by atoms with Gasteiger partial charge in [-0.1, -0.05) is 35.9 Å². The van der Waals surface area contributed by atoms with Crippen molar-refractivity contribution in [2.45, 2.75) is 130 Å². The van der Waals surface area contributed by atoms with Crippen molar-refractivity contribution in [2.75, 3.05) is 13.2 Å². The van der Waals surface area contributed by atoms with Crippen LogP contribution in [0.2, 0.25) is 0 Å². The van der Waals surface area contributed by atoms with Gasteiger partial charge in [0, 0.05) is 0 Å². The summed E-state index contributed by atoms with van der Waals surface area (Å²) in [5.41, 5.74) is -2.16. The van der Waals surface area contributed by atoms with E-state index in [9.17, 15) is 22.5 Å². The van der Waals surface area contributed by atoms with Gasteiger partial charge in [-0.05, 0) is 125 Å². The first-order valence-electron chi connectivity index (χ1n) is 15.8. The molecule has 1 amide bonds. The van der Waals surface area contributed by atoms with Crippen LogP contribution < -0.4 is 10.1 Å². The number of benzene rings is 2. The topological polar surface area (TPSA) is 92.3 Å². The van der Waals surface area contributed by atoms with Crippen molar-refractivity contribution in [1.82, 2.24) is 5.32 Å². The maximum atomic E-state index is 14.1. The molecule has 1 N–H and O–H groups in total. The molecule has 0 aliphatic rings. The van der Waals surface area contributed by atoms with Crippen molar-refractivity contribution in [3.05, 3.63) is 64.7 Å². The number of phosphoric ester groups is 1. The Kier molecular flexibility index (Phi) is 13.6. The van der Waals surface area contributed by atoms with E-state index in [0.717, 1.165) is 17.2 Å². The number of amides is 1. The van der Waals surface area contributed by atoms with Gasteiger partial charge in [0.1, 0.15) is 11.4 Å². The summed E-state index contributed by atoms with van der Waals surface area (Å²) >= 11 is 0. The SMILES string of the molecule is Cc1cccc(CCCOc2ccc(CCC(C)(COP(=O)(OC(C)(C)C)OC(C)(C)C)NC(=O)OC(C)(C)C)cc2C(F)(F)F)c1. The number of ether oxygens (including phenoxy) is 2. The minimum atomic E-state index is -4.65. The molecule has 0 heterocycles. The van der Waals surface area contributed by atoms with Crippen LogP contribution in [0.3, 0.4) is 0 Å². The molecule has 2 aromatic carbocycles. The number of rotatable bonds is 14. The highest BCUT2D eigenvalue weighted by Crippen LogP contribution is 2.56. The maximum absolute atomic E-state index is 14.1. The molecule has 2 aromatic rings. The van der Waals surface area contributed by atoms with E-state index < -0.39 is 48.0 Å². The summed E-state index contributed by atoms with van der Waals surface area (Å²) in [5.74, 6) is -0.247. The smallest absolute Gasteiger partial charge is 0.475 e. The number of phosphoric acid groups is 1. The summed E-state index contributed by atoms with van der Waals surface area (Å²) in [7, 11) is -4.17. The van der Waals surface area contributed by atoms with Gasteiger partial charge in [0.15, 0.2) is 0 Å². The molecule has 0 aliphatic carbocycles. The molecular formula is C35H53F3NO7P. The normalized spacial score (nSPS) is 14.4. The molecule has 0 saturated heterocycles. The molecule has 0 radical (unpaired) electrons. The first kappa shape index (κ1) is 40.6. The van der Waals surface area contributed by atoms with Gasteiger partial charge in [-0.3, -0.25) is 13.6 Å². The van der Waals surface area contributed by atoms with Gasteiger partial charge >= 0.3 is 20.1 Å². The zero-order chi connectivity index (χ0) is 35.9. The first-order valence-corrected chi connectivity index (χ1v) is 17.3.